The van der Waals surface area contributed by atoms with Gasteiger partial charge < -0.3 is 14.8 Å². The van der Waals surface area contributed by atoms with E-state index in [1.807, 2.05) is 48.5 Å². The maximum absolute atomic E-state index is 12.5. The van der Waals surface area contributed by atoms with Crippen LogP contribution in [-0.4, -0.2) is 24.6 Å². The lowest BCUT2D eigenvalue weighted by Crippen LogP contribution is -2.29. The van der Waals surface area contributed by atoms with E-state index in [2.05, 4.69) is 5.32 Å². The van der Waals surface area contributed by atoms with Crippen molar-refractivity contribution < 1.29 is 19.1 Å². The predicted molar refractivity (Wildman–Crippen MR) is 108 cm³/mol. The Morgan fingerprint density at radius 2 is 1.96 bits per heavy atom. The number of esters is 1. The van der Waals surface area contributed by atoms with Crippen LogP contribution in [0.4, 0.5) is 0 Å². The first-order valence-electron chi connectivity index (χ1n) is 9.50. The SMILES string of the molecule is CC(C)OC(=O)CC(NC(=O)/C=C/c1ccc2c(c1)CCO2)c1ccccc1. The van der Waals surface area contributed by atoms with Gasteiger partial charge in [-0.2, -0.15) is 0 Å². The van der Waals surface area contributed by atoms with Crippen molar-refractivity contribution in [1.29, 1.82) is 0 Å². The molecule has 5 heteroatoms. The molecule has 2 aromatic rings. The minimum Gasteiger partial charge on any atom is -0.493 e. The largest absolute Gasteiger partial charge is 0.493 e. The molecule has 0 saturated carbocycles. The minimum atomic E-state index is -0.446. The van der Waals surface area contributed by atoms with Gasteiger partial charge >= 0.3 is 5.97 Å². The Bertz CT molecular complexity index is 858. The normalized spacial score (nSPS) is 13.8. The summed E-state index contributed by atoms with van der Waals surface area (Å²) in [5, 5.41) is 2.91. The zero-order valence-corrected chi connectivity index (χ0v) is 16.2. The summed E-state index contributed by atoms with van der Waals surface area (Å²) in [4.78, 5) is 24.6. The van der Waals surface area contributed by atoms with Crippen molar-refractivity contribution in [3.8, 4) is 5.75 Å². The Morgan fingerprint density at radius 3 is 2.71 bits per heavy atom. The third-order valence-corrected chi connectivity index (χ3v) is 4.40. The average molecular weight is 379 g/mol. The quantitative estimate of drug-likeness (QED) is 0.586. The third-order valence-electron chi connectivity index (χ3n) is 4.40. The van der Waals surface area contributed by atoms with E-state index in [0.29, 0.717) is 6.61 Å². The molecule has 0 fully saturated rings. The number of hydrogen-bond acceptors (Lipinski definition) is 4. The molecular weight excluding hydrogens is 354 g/mol. The van der Waals surface area contributed by atoms with Gasteiger partial charge in [-0.1, -0.05) is 36.4 Å². The summed E-state index contributed by atoms with van der Waals surface area (Å²) in [5.41, 5.74) is 2.95. The van der Waals surface area contributed by atoms with Crippen molar-refractivity contribution in [2.45, 2.75) is 38.8 Å². The van der Waals surface area contributed by atoms with Gasteiger partial charge in [-0.25, -0.2) is 0 Å². The molecule has 1 atom stereocenters. The molecule has 0 aromatic heterocycles. The van der Waals surface area contributed by atoms with Gasteiger partial charge in [0.05, 0.1) is 25.2 Å². The lowest BCUT2D eigenvalue weighted by molar-refractivity contribution is -0.148. The highest BCUT2D eigenvalue weighted by molar-refractivity contribution is 5.92. The molecule has 28 heavy (non-hydrogen) atoms. The van der Waals surface area contributed by atoms with Gasteiger partial charge in [0.2, 0.25) is 5.91 Å². The van der Waals surface area contributed by atoms with Crippen LogP contribution in [0.2, 0.25) is 0 Å². The molecule has 3 rings (SSSR count). The molecule has 5 nitrogen and oxygen atoms in total. The van der Waals surface area contributed by atoms with Gasteiger partial charge in [-0.15, -0.1) is 0 Å². The number of nitrogens with one attached hydrogen (secondary N) is 1. The molecular formula is C23H25NO4. The topological polar surface area (TPSA) is 64.6 Å². The maximum atomic E-state index is 12.5. The predicted octanol–water partition coefficient (Wildman–Crippen LogP) is 3.83. The van der Waals surface area contributed by atoms with Crippen molar-refractivity contribution in [3.63, 3.8) is 0 Å². The fourth-order valence-corrected chi connectivity index (χ4v) is 3.12. The number of rotatable bonds is 7. The second-order valence-corrected chi connectivity index (χ2v) is 7.01. The summed E-state index contributed by atoms with van der Waals surface area (Å²) in [6.07, 6.45) is 4.03. The molecule has 1 unspecified atom stereocenters. The van der Waals surface area contributed by atoms with Crippen molar-refractivity contribution in [1.82, 2.24) is 5.32 Å². The number of hydrogen-bond donors (Lipinski definition) is 1. The van der Waals surface area contributed by atoms with E-state index >= 15 is 0 Å². The van der Waals surface area contributed by atoms with E-state index in [1.165, 1.54) is 6.08 Å². The van der Waals surface area contributed by atoms with E-state index in [4.69, 9.17) is 9.47 Å². The molecule has 1 aliphatic heterocycles. The highest BCUT2D eigenvalue weighted by atomic mass is 16.5. The van der Waals surface area contributed by atoms with Crippen molar-refractivity contribution in [2.75, 3.05) is 6.61 Å². The molecule has 1 N–H and O–H groups in total. The Balaban J connectivity index is 1.67. The summed E-state index contributed by atoms with van der Waals surface area (Å²) in [7, 11) is 0. The highest BCUT2D eigenvalue weighted by Crippen LogP contribution is 2.26. The van der Waals surface area contributed by atoms with Gasteiger partial charge in [-0.3, -0.25) is 9.59 Å². The van der Waals surface area contributed by atoms with Crippen LogP contribution in [0, 0.1) is 0 Å². The van der Waals surface area contributed by atoms with E-state index in [1.54, 1.807) is 19.9 Å². The molecule has 1 amide bonds. The standard InChI is InChI=1S/C23H25NO4/c1-16(2)28-23(26)15-20(18-6-4-3-5-7-18)24-22(25)11-9-17-8-10-21-19(14-17)12-13-27-21/h3-11,14,16,20H,12-13,15H2,1-2H3,(H,24,25)/b11-9+. The monoisotopic (exact) mass is 379 g/mol. The second kappa shape index (κ2) is 9.22. The van der Waals surface area contributed by atoms with Crippen LogP contribution in [0.1, 0.15) is 43.0 Å². The van der Waals surface area contributed by atoms with Crippen LogP contribution in [0.25, 0.3) is 6.08 Å². The van der Waals surface area contributed by atoms with Crippen LogP contribution in [0.3, 0.4) is 0 Å². The molecule has 0 aliphatic carbocycles. The number of carbonyl (C=O) groups is 2. The van der Waals surface area contributed by atoms with Crippen LogP contribution in [0.5, 0.6) is 5.75 Å². The maximum Gasteiger partial charge on any atom is 0.308 e. The van der Waals surface area contributed by atoms with Gasteiger partial charge in [0.1, 0.15) is 5.75 Å². The van der Waals surface area contributed by atoms with Crippen LogP contribution >= 0.6 is 0 Å². The summed E-state index contributed by atoms with van der Waals surface area (Å²) in [5.74, 6) is 0.309. The average Bonchev–Trinajstić information content (AvgIpc) is 3.14. The first-order chi connectivity index (χ1) is 13.5. The smallest absolute Gasteiger partial charge is 0.308 e. The van der Waals surface area contributed by atoms with Crippen LogP contribution in [0.15, 0.2) is 54.6 Å². The van der Waals surface area contributed by atoms with Gasteiger partial charge in [0.25, 0.3) is 0 Å². The summed E-state index contributed by atoms with van der Waals surface area (Å²) in [6.45, 7) is 4.31. The van der Waals surface area contributed by atoms with Crippen molar-refractivity contribution in [3.05, 3.63) is 71.3 Å². The highest BCUT2D eigenvalue weighted by Gasteiger charge is 2.19. The summed E-state index contributed by atoms with van der Waals surface area (Å²) >= 11 is 0. The fourth-order valence-electron chi connectivity index (χ4n) is 3.12. The molecule has 0 saturated heterocycles. The number of fused-ring (bicyclic) bond motifs is 1. The number of benzene rings is 2. The zero-order valence-electron chi connectivity index (χ0n) is 16.2. The first-order valence-corrected chi connectivity index (χ1v) is 9.50. The molecule has 2 aromatic carbocycles. The van der Waals surface area contributed by atoms with Crippen molar-refractivity contribution in [2.24, 2.45) is 0 Å². The van der Waals surface area contributed by atoms with Gasteiger partial charge in [0, 0.05) is 12.5 Å². The summed E-state index contributed by atoms with van der Waals surface area (Å²) in [6, 6.07) is 14.9. The lowest BCUT2D eigenvalue weighted by atomic mass is 10.0. The lowest BCUT2D eigenvalue weighted by Gasteiger charge is -2.18. The molecule has 0 spiro atoms. The second-order valence-electron chi connectivity index (χ2n) is 7.01. The van der Waals surface area contributed by atoms with Crippen LogP contribution < -0.4 is 10.1 Å². The van der Waals surface area contributed by atoms with E-state index in [-0.39, 0.29) is 24.4 Å². The Hall–Kier alpha value is -3.08. The molecule has 1 aliphatic rings. The van der Waals surface area contributed by atoms with E-state index in [9.17, 15) is 9.59 Å². The Morgan fingerprint density at radius 1 is 1.18 bits per heavy atom. The zero-order chi connectivity index (χ0) is 19.9. The number of amides is 1. The fraction of sp³-hybridized carbons (Fsp3) is 0.304. The Labute approximate surface area is 165 Å². The minimum absolute atomic E-state index is 0.0813. The molecule has 1 heterocycles. The molecule has 0 radical (unpaired) electrons. The molecule has 146 valence electrons. The van der Waals surface area contributed by atoms with E-state index < -0.39 is 6.04 Å². The molecule has 0 bridgehead atoms. The number of ether oxygens (including phenoxy) is 2. The first kappa shape index (κ1) is 19.7. The third kappa shape index (κ3) is 5.46. The van der Waals surface area contributed by atoms with Gasteiger partial charge in [0.15, 0.2) is 0 Å². The summed E-state index contributed by atoms with van der Waals surface area (Å²) < 4.78 is 10.7. The Kier molecular flexibility index (Phi) is 6.48. The van der Waals surface area contributed by atoms with Gasteiger partial charge in [-0.05, 0) is 48.7 Å². The van der Waals surface area contributed by atoms with Crippen molar-refractivity contribution >= 4 is 18.0 Å². The number of carbonyl (C=O) groups excluding carboxylic acids is 2. The van der Waals surface area contributed by atoms with Crippen LogP contribution in [-0.2, 0) is 20.7 Å². The van der Waals surface area contributed by atoms with E-state index in [0.717, 1.165) is 28.9 Å².